The molecule has 1 fully saturated rings. The molecule has 1 heterocycles. The minimum absolute atomic E-state index is 0.0975. The number of nitrogens with zero attached hydrogens (tertiary/aromatic N) is 1. The number of aliphatic carboxylic acids is 1. The van der Waals surface area contributed by atoms with E-state index in [1.54, 1.807) is 6.07 Å². The number of carbonyl (C=O) groups is 1. The van der Waals surface area contributed by atoms with Crippen LogP contribution in [0.4, 0.5) is 0 Å². The molecular weight excluding hydrogens is 311 g/mol. The number of nitrogens with two attached hydrogens (primary N) is 1. The van der Waals surface area contributed by atoms with E-state index in [1.165, 1.54) is 0 Å². The van der Waals surface area contributed by atoms with Gasteiger partial charge in [-0.25, -0.2) is 0 Å². The van der Waals surface area contributed by atoms with Crippen molar-refractivity contribution in [3.63, 3.8) is 0 Å². The van der Waals surface area contributed by atoms with Gasteiger partial charge >= 0.3 is 5.97 Å². The molecule has 0 aliphatic carbocycles. The largest absolute Gasteiger partial charge is 0.481 e. The van der Waals surface area contributed by atoms with Crippen molar-refractivity contribution in [3.8, 4) is 0 Å². The standard InChI is InChI=1S/C15H20Cl2N2O2/c16-13-3-1-11(6-14(13)17)8-19-7-10(2-4-15(20)21)5-12(18)9-19/h1,3,6,10,12H,2,4-5,7-9,18H2,(H,20,21). The van der Waals surface area contributed by atoms with Crippen molar-refractivity contribution < 1.29 is 9.90 Å². The quantitative estimate of drug-likeness (QED) is 0.870. The fourth-order valence-corrected chi connectivity index (χ4v) is 3.23. The maximum absolute atomic E-state index is 10.7. The lowest BCUT2D eigenvalue weighted by molar-refractivity contribution is -0.137. The number of carboxylic acid groups (broad SMARTS) is 1. The number of halogens is 2. The predicted molar refractivity (Wildman–Crippen MR) is 84.7 cm³/mol. The summed E-state index contributed by atoms with van der Waals surface area (Å²) in [5.41, 5.74) is 7.19. The van der Waals surface area contributed by atoms with Crippen molar-refractivity contribution in [2.24, 2.45) is 11.7 Å². The van der Waals surface area contributed by atoms with Crippen molar-refractivity contribution in [2.75, 3.05) is 13.1 Å². The minimum Gasteiger partial charge on any atom is -0.481 e. The summed E-state index contributed by atoms with van der Waals surface area (Å²) in [6.45, 7) is 2.46. The first-order chi connectivity index (χ1) is 9.94. The molecule has 6 heteroatoms. The molecule has 3 N–H and O–H groups in total. The Morgan fingerprint density at radius 3 is 2.76 bits per heavy atom. The third-order valence-electron chi connectivity index (χ3n) is 3.80. The van der Waals surface area contributed by atoms with Crippen molar-refractivity contribution >= 4 is 29.2 Å². The van der Waals surface area contributed by atoms with Crippen LogP contribution in [0.25, 0.3) is 0 Å². The van der Waals surface area contributed by atoms with Gasteiger partial charge in [-0.05, 0) is 36.5 Å². The Kier molecular flexibility index (Phi) is 5.88. The number of benzene rings is 1. The number of piperidine rings is 1. The maximum atomic E-state index is 10.7. The molecule has 0 aromatic heterocycles. The summed E-state index contributed by atoms with van der Waals surface area (Å²) in [6.07, 6.45) is 1.78. The van der Waals surface area contributed by atoms with Crippen LogP contribution in [0.2, 0.25) is 10.0 Å². The first-order valence-electron chi connectivity index (χ1n) is 7.07. The predicted octanol–water partition coefficient (Wildman–Crippen LogP) is 3.01. The van der Waals surface area contributed by atoms with Gasteiger partial charge in [-0.15, -0.1) is 0 Å². The highest BCUT2D eigenvalue weighted by Gasteiger charge is 2.25. The number of hydrogen-bond donors (Lipinski definition) is 2. The summed E-state index contributed by atoms with van der Waals surface area (Å²) in [6, 6.07) is 5.72. The molecule has 2 atom stereocenters. The molecule has 1 saturated heterocycles. The van der Waals surface area contributed by atoms with Gasteiger partial charge in [0, 0.05) is 32.1 Å². The fraction of sp³-hybridized carbons (Fsp3) is 0.533. The highest BCUT2D eigenvalue weighted by molar-refractivity contribution is 6.42. The summed E-state index contributed by atoms with van der Waals surface area (Å²) in [7, 11) is 0. The van der Waals surface area contributed by atoms with Crippen LogP contribution in [0.1, 0.15) is 24.8 Å². The molecule has 0 bridgehead atoms. The van der Waals surface area contributed by atoms with Gasteiger partial charge in [-0.1, -0.05) is 29.3 Å². The number of likely N-dealkylation sites (tertiary alicyclic amines) is 1. The Balaban J connectivity index is 1.95. The van der Waals surface area contributed by atoms with Gasteiger partial charge in [-0.3, -0.25) is 9.69 Å². The Bertz CT molecular complexity index is 510. The van der Waals surface area contributed by atoms with Crippen LogP contribution >= 0.6 is 23.2 Å². The van der Waals surface area contributed by atoms with E-state index in [9.17, 15) is 4.79 Å². The smallest absolute Gasteiger partial charge is 0.303 e. The van der Waals surface area contributed by atoms with Gasteiger partial charge in [0.1, 0.15) is 0 Å². The van der Waals surface area contributed by atoms with Crippen molar-refractivity contribution in [3.05, 3.63) is 33.8 Å². The van der Waals surface area contributed by atoms with E-state index in [2.05, 4.69) is 4.90 Å². The molecule has 116 valence electrons. The summed E-state index contributed by atoms with van der Waals surface area (Å²) in [5, 5.41) is 9.90. The van der Waals surface area contributed by atoms with E-state index >= 15 is 0 Å². The second-order valence-corrected chi connectivity index (χ2v) is 6.55. The third kappa shape index (κ3) is 5.15. The molecular formula is C15H20Cl2N2O2. The highest BCUT2D eigenvalue weighted by Crippen LogP contribution is 2.25. The lowest BCUT2D eigenvalue weighted by Gasteiger charge is -2.36. The van der Waals surface area contributed by atoms with E-state index in [4.69, 9.17) is 34.0 Å². The van der Waals surface area contributed by atoms with Crippen LogP contribution in [-0.4, -0.2) is 35.1 Å². The first-order valence-corrected chi connectivity index (χ1v) is 7.83. The molecule has 0 radical (unpaired) electrons. The van der Waals surface area contributed by atoms with Crippen molar-refractivity contribution in [2.45, 2.75) is 31.8 Å². The number of rotatable bonds is 5. The first kappa shape index (κ1) is 16.6. The maximum Gasteiger partial charge on any atom is 0.303 e. The second kappa shape index (κ2) is 7.45. The number of carboxylic acids is 1. The lowest BCUT2D eigenvalue weighted by atomic mass is 9.90. The van der Waals surface area contributed by atoms with Crippen LogP contribution in [-0.2, 0) is 11.3 Å². The van der Waals surface area contributed by atoms with Gasteiger partial charge in [0.2, 0.25) is 0 Å². The van der Waals surface area contributed by atoms with Crippen molar-refractivity contribution in [1.29, 1.82) is 0 Å². The molecule has 21 heavy (non-hydrogen) atoms. The normalized spacial score (nSPS) is 23.2. The summed E-state index contributed by atoms with van der Waals surface area (Å²) in [4.78, 5) is 13.0. The zero-order valence-electron chi connectivity index (χ0n) is 11.8. The minimum atomic E-state index is -0.745. The molecule has 0 spiro atoms. The second-order valence-electron chi connectivity index (χ2n) is 5.74. The average Bonchev–Trinajstić information content (AvgIpc) is 2.40. The van der Waals surface area contributed by atoms with Crippen LogP contribution in [0.5, 0.6) is 0 Å². The number of hydrogen-bond acceptors (Lipinski definition) is 3. The van der Waals surface area contributed by atoms with Gasteiger partial charge in [0.15, 0.2) is 0 Å². The molecule has 1 aromatic carbocycles. The van der Waals surface area contributed by atoms with Crippen molar-refractivity contribution in [1.82, 2.24) is 4.90 Å². The van der Waals surface area contributed by atoms with E-state index in [0.717, 1.165) is 31.6 Å². The zero-order chi connectivity index (χ0) is 15.4. The summed E-state index contributed by atoms with van der Waals surface area (Å²) in [5.74, 6) is -0.405. The van der Waals surface area contributed by atoms with Gasteiger partial charge in [0.05, 0.1) is 10.0 Å². The Morgan fingerprint density at radius 1 is 1.33 bits per heavy atom. The van der Waals surface area contributed by atoms with Gasteiger partial charge in [0.25, 0.3) is 0 Å². The van der Waals surface area contributed by atoms with Gasteiger partial charge in [-0.2, -0.15) is 0 Å². The third-order valence-corrected chi connectivity index (χ3v) is 4.54. The molecule has 1 aromatic rings. The highest BCUT2D eigenvalue weighted by atomic mass is 35.5. The van der Waals surface area contributed by atoms with E-state index < -0.39 is 5.97 Å². The topological polar surface area (TPSA) is 66.6 Å². The Hall–Kier alpha value is -0.810. The summed E-state index contributed by atoms with van der Waals surface area (Å²) < 4.78 is 0. The Morgan fingerprint density at radius 2 is 2.10 bits per heavy atom. The van der Waals surface area contributed by atoms with E-state index in [-0.39, 0.29) is 12.5 Å². The SMILES string of the molecule is NC1CC(CCC(=O)O)CN(Cc2ccc(Cl)c(Cl)c2)C1. The van der Waals surface area contributed by atoms with Crippen LogP contribution in [0, 0.1) is 5.92 Å². The molecule has 2 unspecified atom stereocenters. The lowest BCUT2D eigenvalue weighted by Crippen LogP contribution is -2.46. The molecule has 2 rings (SSSR count). The molecule has 0 amide bonds. The average molecular weight is 331 g/mol. The van der Waals surface area contributed by atoms with Crippen LogP contribution in [0.15, 0.2) is 18.2 Å². The van der Waals surface area contributed by atoms with E-state index in [0.29, 0.717) is 22.4 Å². The molecule has 0 saturated carbocycles. The van der Waals surface area contributed by atoms with Gasteiger partial charge < -0.3 is 10.8 Å². The monoisotopic (exact) mass is 330 g/mol. The molecule has 1 aliphatic heterocycles. The molecule has 1 aliphatic rings. The zero-order valence-corrected chi connectivity index (χ0v) is 13.3. The summed E-state index contributed by atoms with van der Waals surface area (Å²) >= 11 is 12.0. The fourth-order valence-electron chi connectivity index (χ4n) is 2.91. The Labute approximate surface area is 134 Å². The molecule has 4 nitrogen and oxygen atoms in total. The van der Waals surface area contributed by atoms with E-state index in [1.807, 2.05) is 12.1 Å². The van der Waals surface area contributed by atoms with Crippen LogP contribution < -0.4 is 5.73 Å². The van der Waals surface area contributed by atoms with Crippen LogP contribution in [0.3, 0.4) is 0 Å².